The maximum absolute atomic E-state index is 13.3. The Kier molecular flexibility index (Phi) is 2.67. The summed E-state index contributed by atoms with van der Waals surface area (Å²) in [6.45, 7) is 0. The van der Waals surface area contributed by atoms with Crippen molar-refractivity contribution in [2.24, 2.45) is 0 Å². The first kappa shape index (κ1) is 11.4. The van der Waals surface area contributed by atoms with Gasteiger partial charge in [0.15, 0.2) is 0 Å². The van der Waals surface area contributed by atoms with Gasteiger partial charge in [-0.05, 0) is 54.8 Å². The summed E-state index contributed by atoms with van der Waals surface area (Å²) < 4.78 is 13.3. The van der Waals surface area contributed by atoms with Crippen molar-refractivity contribution >= 4 is 0 Å². The maximum Gasteiger partial charge on any atom is 0.123 e. The van der Waals surface area contributed by atoms with E-state index in [0.29, 0.717) is 0 Å². The minimum atomic E-state index is -0.187. The van der Waals surface area contributed by atoms with E-state index in [1.54, 1.807) is 12.1 Å². The van der Waals surface area contributed by atoms with E-state index >= 15 is 0 Å². The Morgan fingerprint density at radius 2 is 1.67 bits per heavy atom. The van der Waals surface area contributed by atoms with Gasteiger partial charge in [-0.2, -0.15) is 0 Å². The highest BCUT2D eigenvalue weighted by Crippen LogP contribution is 2.45. The van der Waals surface area contributed by atoms with Crippen molar-refractivity contribution in [1.82, 2.24) is 5.32 Å². The summed E-state index contributed by atoms with van der Waals surface area (Å²) in [7, 11) is 2.00. The Bertz CT molecular complexity index is 573. The van der Waals surface area contributed by atoms with E-state index in [9.17, 15) is 4.39 Å². The molecule has 0 saturated heterocycles. The van der Waals surface area contributed by atoms with Gasteiger partial charge in [-0.25, -0.2) is 4.39 Å². The zero-order valence-corrected chi connectivity index (χ0v) is 10.4. The number of benzene rings is 2. The molecule has 0 amide bonds. The highest BCUT2D eigenvalue weighted by atomic mass is 19.1. The van der Waals surface area contributed by atoms with Gasteiger partial charge in [0.25, 0.3) is 0 Å². The quantitative estimate of drug-likeness (QED) is 0.864. The molecule has 18 heavy (non-hydrogen) atoms. The van der Waals surface area contributed by atoms with Crippen molar-refractivity contribution in [2.75, 3.05) is 7.05 Å². The Balaban J connectivity index is 2.01. The first-order valence-corrected chi connectivity index (χ1v) is 6.29. The topological polar surface area (TPSA) is 12.0 Å². The average molecular weight is 241 g/mol. The molecule has 0 unspecified atom stereocenters. The molecule has 1 fully saturated rings. The summed E-state index contributed by atoms with van der Waals surface area (Å²) in [4.78, 5) is 0. The van der Waals surface area contributed by atoms with Gasteiger partial charge in [0.1, 0.15) is 5.82 Å². The van der Waals surface area contributed by atoms with Crippen LogP contribution in [-0.2, 0) is 5.54 Å². The van der Waals surface area contributed by atoms with Gasteiger partial charge in [0.05, 0.1) is 0 Å². The molecule has 0 aromatic heterocycles. The monoisotopic (exact) mass is 241 g/mol. The molecule has 1 aliphatic rings. The number of halogens is 1. The van der Waals surface area contributed by atoms with E-state index in [0.717, 1.165) is 11.1 Å². The molecule has 3 rings (SSSR count). The molecule has 1 aliphatic carbocycles. The SMILES string of the molecule is CNC1(c2cccc(-c3cccc(F)c3)c2)CC1. The van der Waals surface area contributed by atoms with Gasteiger partial charge in [-0.3, -0.25) is 0 Å². The van der Waals surface area contributed by atoms with Crippen LogP contribution in [0, 0.1) is 5.82 Å². The molecule has 2 heteroatoms. The van der Waals surface area contributed by atoms with Crippen LogP contribution in [0.1, 0.15) is 18.4 Å². The smallest absolute Gasteiger partial charge is 0.123 e. The molecule has 0 aliphatic heterocycles. The Morgan fingerprint density at radius 3 is 2.28 bits per heavy atom. The van der Waals surface area contributed by atoms with E-state index < -0.39 is 0 Å². The fourth-order valence-electron chi connectivity index (χ4n) is 2.47. The van der Waals surface area contributed by atoms with Crippen LogP contribution in [0.3, 0.4) is 0 Å². The number of nitrogens with one attached hydrogen (secondary N) is 1. The fraction of sp³-hybridized carbons (Fsp3) is 0.250. The van der Waals surface area contributed by atoms with E-state index in [1.807, 2.05) is 25.2 Å². The summed E-state index contributed by atoms with van der Waals surface area (Å²) in [6, 6.07) is 15.1. The third-order valence-electron chi connectivity index (χ3n) is 3.80. The zero-order valence-electron chi connectivity index (χ0n) is 10.4. The predicted molar refractivity (Wildman–Crippen MR) is 71.8 cm³/mol. The molecule has 0 heterocycles. The zero-order chi connectivity index (χ0) is 12.6. The van der Waals surface area contributed by atoms with Gasteiger partial charge >= 0.3 is 0 Å². The largest absolute Gasteiger partial charge is 0.310 e. The van der Waals surface area contributed by atoms with E-state index in [1.165, 1.54) is 24.5 Å². The lowest BCUT2D eigenvalue weighted by molar-refractivity contribution is 0.586. The lowest BCUT2D eigenvalue weighted by atomic mass is 9.98. The van der Waals surface area contributed by atoms with Crippen molar-refractivity contribution in [3.8, 4) is 11.1 Å². The molecule has 1 saturated carbocycles. The minimum absolute atomic E-state index is 0.156. The molecule has 1 N–H and O–H groups in total. The molecule has 0 spiro atoms. The van der Waals surface area contributed by atoms with Crippen molar-refractivity contribution in [1.29, 1.82) is 0 Å². The molecule has 1 nitrogen and oxygen atoms in total. The highest BCUT2D eigenvalue weighted by molar-refractivity contribution is 5.64. The molecule has 2 aromatic rings. The van der Waals surface area contributed by atoms with Crippen LogP contribution in [0.2, 0.25) is 0 Å². The van der Waals surface area contributed by atoms with Gasteiger partial charge < -0.3 is 5.32 Å². The molecule has 0 radical (unpaired) electrons. The molecular weight excluding hydrogens is 225 g/mol. The molecular formula is C16H16FN. The summed E-state index contributed by atoms with van der Waals surface area (Å²) in [5, 5.41) is 3.38. The molecule has 0 bridgehead atoms. The maximum atomic E-state index is 13.3. The second-order valence-electron chi connectivity index (χ2n) is 4.92. The van der Waals surface area contributed by atoms with Crippen LogP contribution in [0.25, 0.3) is 11.1 Å². The predicted octanol–water partition coefficient (Wildman–Crippen LogP) is 3.70. The van der Waals surface area contributed by atoms with E-state index in [4.69, 9.17) is 0 Å². The van der Waals surface area contributed by atoms with Crippen LogP contribution in [-0.4, -0.2) is 7.05 Å². The number of hydrogen-bond donors (Lipinski definition) is 1. The first-order chi connectivity index (χ1) is 8.73. The summed E-state index contributed by atoms with van der Waals surface area (Å²) in [6.07, 6.45) is 2.35. The average Bonchev–Trinajstić information content (AvgIpc) is 3.20. The van der Waals surface area contributed by atoms with Crippen molar-refractivity contribution < 1.29 is 4.39 Å². The molecule has 2 aromatic carbocycles. The standard InChI is InChI=1S/C16H16FN/c1-18-16(8-9-16)14-6-2-4-12(10-14)13-5-3-7-15(17)11-13/h2-7,10-11,18H,8-9H2,1H3. The van der Waals surface area contributed by atoms with Crippen LogP contribution >= 0.6 is 0 Å². The highest BCUT2D eigenvalue weighted by Gasteiger charge is 2.42. The second kappa shape index (κ2) is 4.21. The summed E-state index contributed by atoms with van der Waals surface area (Å²) in [5.41, 5.74) is 3.47. The van der Waals surface area contributed by atoms with E-state index in [-0.39, 0.29) is 11.4 Å². The van der Waals surface area contributed by atoms with Crippen molar-refractivity contribution in [3.05, 3.63) is 59.9 Å². The van der Waals surface area contributed by atoms with Crippen LogP contribution in [0.5, 0.6) is 0 Å². The second-order valence-corrected chi connectivity index (χ2v) is 4.92. The third-order valence-corrected chi connectivity index (χ3v) is 3.80. The van der Waals surface area contributed by atoms with Crippen molar-refractivity contribution in [2.45, 2.75) is 18.4 Å². The normalized spacial score (nSPS) is 16.6. The van der Waals surface area contributed by atoms with Crippen LogP contribution < -0.4 is 5.32 Å². The Hall–Kier alpha value is -1.67. The van der Waals surface area contributed by atoms with Gasteiger partial charge in [0.2, 0.25) is 0 Å². The van der Waals surface area contributed by atoms with Crippen LogP contribution in [0.4, 0.5) is 4.39 Å². The first-order valence-electron chi connectivity index (χ1n) is 6.29. The fourth-order valence-corrected chi connectivity index (χ4v) is 2.47. The minimum Gasteiger partial charge on any atom is -0.310 e. The van der Waals surface area contributed by atoms with Gasteiger partial charge in [-0.15, -0.1) is 0 Å². The lowest BCUT2D eigenvalue weighted by Gasteiger charge is -2.15. The molecule has 92 valence electrons. The van der Waals surface area contributed by atoms with E-state index in [2.05, 4.69) is 17.4 Å². The number of rotatable bonds is 3. The lowest BCUT2D eigenvalue weighted by Crippen LogP contribution is -2.24. The Labute approximate surface area is 107 Å². The summed E-state index contributed by atoms with van der Waals surface area (Å²) >= 11 is 0. The number of hydrogen-bond acceptors (Lipinski definition) is 1. The van der Waals surface area contributed by atoms with Crippen molar-refractivity contribution in [3.63, 3.8) is 0 Å². The van der Waals surface area contributed by atoms with Crippen LogP contribution in [0.15, 0.2) is 48.5 Å². The Morgan fingerprint density at radius 1 is 1.00 bits per heavy atom. The molecule has 0 atom stereocenters. The van der Waals surface area contributed by atoms with Gasteiger partial charge in [-0.1, -0.05) is 30.3 Å². The summed E-state index contributed by atoms with van der Waals surface area (Å²) in [5.74, 6) is -0.187. The van der Waals surface area contributed by atoms with Gasteiger partial charge in [0, 0.05) is 5.54 Å². The third kappa shape index (κ3) is 1.93.